The van der Waals surface area contributed by atoms with Gasteiger partial charge in [-0.3, -0.25) is 4.90 Å². The van der Waals surface area contributed by atoms with Gasteiger partial charge in [-0.15, -0.1) is 0 Å². The lowest BCUT2D eigenvalue weighted by atomic mass is 9.77. The Kier molecular flexibility index (Phi) is 3.21. The Morgan fingerprint density at radius 2 is 1.50 bits per heavy atom. The standard InChI is InChI=1S/C14H26N2/c15-12-7-3-9-14(12)16-10-4-6-11-5-1-2-8-13(11)16/h11-14H,1-10,15H2/t11-,12?,13-,14?/m1/s1. The average Bonchev–Trinajstić information content (AvgIpc) is 2.75. The minimum Gasteiger partial charge on any atom is -0.326 e. The molecule has 0 radical (unpaired) electrons. The summed E-state index contributed by atoms with van der Waals surface area (Å²) in [5, 5.41) is 0. The lowest BCUT2D eigenvalue weighted by Crippen LogP contribution is -2.55. The Balaban J connectivity index is 1.72. The molecule has 2 saturated carbocycles. The van der Waals surface area contributed by atoms with Gasteiger partial charge in [0.15, 0.2) is 0 Å². The van der Waals surface area contributed by atoms with Crippen LogP contribution in [0.2, 0.25) is 0 Å². The second-order valence-electron chi connectivity index (χ2n) is 6.15. The molecule has 0 spiro atoms. The predicted octanol–water partition coefficient (Wildman–Crippen LogP) is 2.52. The van der Waals surface area contributed by atoms with Gasteiger partial charge in [-0.05, 0) is 51.0 Å². The van der Waals surface area contributed by atoms with E-state index in [0.717, 1.165) is 18.0 Å². The van der Waals surface area contributed by atoms with Crippen LogP contribution in [0.1, 0.15) is 57.8 Å². The smallest absolute Gasteiger partial charge is 0.0250 e. The van der Waals surface area contributed by atoms with Crippen molar-refractivity contribution in [3.8, 4) is 0 Å². The lowest BCUT2D eigenvalue weighted by Gasteiger charge is -2.48. The molecule has 3 aliphatic rings. The van der Waals surface area contributed by atoms with E-state index in [4.69, 9.17) is 5.73 Å². The van der Waals surface area contributed by atoms with Gasteiger partial charge in [0.2, 0.25) is 0 Å². The van der Waals surface area contributed by atoms with Gasteiger partial charge in [-0.1, -0.05) is 19.3 Å². The molecule has 4 atom stereocenters. The number of piperidine rings is 1. The first-order valence-electron chi connectivity index (χ1n) is 7.37. The van der Waals surface area contributed by atoms with Crippen LogP contribution in [0.4, 0.5) is 0 Å². The van der Waals surface area contributed by atoms with Crippen LogP contribution >= 0.6 is 0 Å². The second-order valence-corrected chi connectivity index (χ2v) is 6.15. The molecule has 3 rings (SSSR count). The van der Waals surface area contributed by atoms with Crippen molar-refractivity contribution >= 4 is 0 Å². The first-order chi connectivity index (χ1) is 7.86. The molecule has 0 bridgehead atoms. The van der Waals surface area contributed by atoms with Crippen molar-refractivity contribution in [3.05, 3.63) is 0 Å². The van der Waals surface area contributed by atoms with Crippen LogP contribution in [0.25, 0.3) is 0 Å². The van der Waals surface area contributed by atoms with E-state index in [9.17, 15) is 0 Å². The molecular formula is C14H26N2. The molecule has 1 aliphatic heterocycles. The third-order valence-corrected chi connectivity index (χ3v) is 5.24. The highest BCUT2D eigenvalue weighted by atomic mass is 15.2. The number of likely N-dealkylation sites (tertiary alicyclic amines) is 1. The van der Waals surface area contributed by atoms with Crippen LogP contribution < -0.4 is 5.73 Å². The highest BCUT2D eigenvalue weighted by molar-refractivity contribution is 4.96. The van der Waals surface area contributed by atoms with Crippen LogP contribution in [-0.2, 0) is 0 Å². The first kappa shape index (κ1) is 11.0. The normalized spacial score (nSPS) is 45.6. The van der Waals surface area contributed by atoms with E-state index in [0.29, 0.717) is 6.04 Å². The third-order valence-electron chi connectivity index (χ3n) is 5.24. The number of fused-ring (bicyclic) bond motifs is 1. The number of nitrogens with zero attached hydrogens (tertiary/aromatic N) is 1. The van der Waals surface area contributed by atoms with E-state index in [1.54, 1.807) is 0 Å². The fourth-order valence-corrected chi connectivity index (χ4v) is 4.46. The lowest BCUT2D eigenvalue weighted by molar-refractivity contribution is 0.0229. The maximum absolute atomic E-state index is 6.29. The Hall–Kier alpha value is -0.0800. The highest BCUT2D eigenvalue weighted by Gasteiger charge is 2.39. The summed E-state index contributed by atoms with van der Waals surface area (Å²) in [6.07, 6.45) is 12.8. The Morgan fingerprint density at radius 1 is 0.750 bits per heavy atom. The van der Waals surface area contributed by atoms with Crippen molar-refractivity contribution in [2.24, 2.45) is 11.7 Å². The van der Waals surface area contributed by atoms with Gasteiger partial charge < -0.3 is 5.73 Å². The van der Waals surface area contributed by atoms with E-state index < -0.39 is 0 Å². The van der Waals surface area contributed by atoms with Gasteiger partial charge in [0.25, 0.3) is 0 Å². The maximum Gasteiger partial charge on any atom is 0.0250 e. The molecule has 2 N–H and O–H groups in total. The van der Waals surface area contributed by atoms with Crippen LogP contribution in [-0.4, -0.2) is 29.6 Å². The molecule has 0 aromatic carbocycles. The van der Waals surface area contributed by atoms with Crippen molar-refractivity contribution in [2.45, 2.75) is 75.9 Å². The summed E-state index contributed by atoms with van der Waals surface area (Å²) in [5.41, 5.74) is 6.29. The monoisotopic (exact) mass is 222 g/mol. The van der Waals surface area contributed by atoms with Gasteiger partial charge in [0, 0.05) is 18.1 Å². The zero-order valence-electron chi connectivity index (χ0n) is 10.4. The van der Waals surface area contributed by atoms with Crippen LogP contribution in [0.3, 0.4) is 0 Å². The molecule has 3 fully saturated rings. The second kappa shape index (κ2) is 4.66. The van der Waals surface area contributed by atoms with Gasteiger partial charge in [0.1, 0.15) is 0 Å². The minimum atomic E-state index is 0.473. The summed E-state index contributed by atoms with van der Waals surface area (Å²) < 4.78 is 0. The van der Waals surface area contributed by atoms with Crippen LogP contribution in [0.5, 0.6) is 0 Å². The van der Waals surface area contributed by atoms with Crippen molar-refractivity contribution in [1.29, 1.82) is 0 Å². The van der Waals surface area contributed by atoms with Gasteiger partial charge in [0.05, 0.1) is 0 Å². The van der Waals surface area contributed by atoms with Crippen molar-refractivity contribution in [2.75, 3.05) is 6.54 Å². The van der Waals surface area contributed by atoms with E-state index in [1.165, 1.54) is 64.3 Å². The summed E-state index contributed by atoms with van der Waals surface area (Å²) >= 11 is 0. The average molecular weight is 222 g/mol. The van der Waals surface area contributed by atoms with Crippen molar-refractivity contribution in [1.82, 2.24) is 4.90 Å². The Morgan fingerprint density at radius 3 is 2.31 bits per heavy atom. The summed E-state index contributed by atoms with van der Waals surface area (Å²) in [4.78, 5) is 2.82. The number of hydrogen-bond acceptors (Lipinski definition) is 2. The predicted molar refractivity (Wildman–Crippen MR) is 67.3 cm³/mol. The topological polar surface area (TPSA) is 29.3 Å². The summed E-state index contributed by atoms with van der Waals surface area (Å²) in [6, 6.07) is 2.10. The van der Waals surface area contributed by atoms with E-state index >= 15 is 0 Å². The summed E-state index contributed by atoms with van der Waals surface area (Å²) in [6.45, 7) is 1.33. The molecule has 2 heteroatoms. The largest absolute Gasteiger partial charge is 0.326 e. The number of hydrogen-bond donors (Lipinski definition) is 1. The maximum atomic E-state index is 6.29. The fourth-order valence-electron chi connectivity index (χ4n) is 4.46. The zero-order valence-corrected chi connectivity index (χ0v) is 10.4. The third kappa shape index (κ3) is 1.91. The van der Waals surface area contributed by atoms with Gasteiger partial charge >= 0.3 is 0 Å². The Labute approximate surface area is 99.6 Å². The molecule has 0 aromatic rings. The highest BCUT2D eigenvalue weighted by Crippen LogP contribution is 2.38. The Bertz CT molecular complexity index is 239. The van der Waals surface area contributed by atoms with Crippen LogP contribution in [0.15, 0.2) is 0 Å². The van der Waals surface area contributed by atoms with Crippen molar-refractivity contribution in [3.63, 3.8) is 0 Å². The van der Waals surface area contributed by atoms with E-state index in [2.05, 4.69) is 4.90 Å². The zero-order chi connectivity index (χ0) is 11.0. The van der Waals surface area contributed by atoms with E-state index in [1.807, 2.05) is 0 Å². The number of rotatable bonds is 1. The molecule has 1 heterocycles. The van der Waals surface area contributed by atoms with E-state index in [-0.39, 0.29) is 0 Å². The molecule has 1 saturated heterocycles. The molecule has 92 valence electrons. The summed E-state index contributed by atoms with van der Waals surface area (Å²) in [7, 11) is 0. The van der Waals surface area contributed by atoms with Crippen molar-refractivity contribution < 1.29 is 0 Å². The molecule has 0 amide bonds. The van der Waals surface area contributed by atoms with Crippen LogP contribution in [0, 0.1) is 5.92 Å². The minimum absolute atomic E-state index is 0.473. The fraction of sp³-hybridized carbons (Fsp3) is 1.00. The van der Waals surface area contributed by atoms with Gasteiger partial charge in [-0.2, -0.15) is 0 Å². The number of nitrogens with two attached hydrogens (primary N) is 1. The summed E-state index contributed by atoms with van der Waals surface area (Å²) in [5.74, 6) is 1.01. The molecule has 16 heavy (non-hydrogen) atoms. The first-order valence-corrected chi connectivity index (χ1v) is 7.37. The molecule has 2 nitrogen and oxygen atoms in total. The quantitative estimate of drug-likeness (QED) is 0.738. The SMILES string of the molecule is NC1CCCC1N1CCC[C@H]2CCCC[C@H]21. The van der Waals surface area contributed by atoms with Gasteiger partial charge in [-0.25, -0.2) is 0 Å². The molecule has 0 aromatic heterocycles. The molecular weight excluding hydrogens is 196 g/mol. The molecule has 2 unspecified atom stereocenters. The molecule has 2 aliphatic carbocycles.